The molecule has 0 radical (unpaired) electrons. The molecule has 0 fully saturated rings. The van der Waals surface area contributed by atoms with Gasteiger partial charge < -0.3 is 10.2 Å². The smallest absolute Gasteiger partial charge is 0.255 e. The van der Waals surface area contributed by atoms with Gasteiger partial charge in [0.1, 0.15) is 4.75 Å². The molecule has 2 aromatic rings. The Labute approximate surface area is 208 Å². The molecule has 2 aromatic carbocycles. The molecular formula is C29H23N3O2S. The van der Waals surface area contributed by atoms with Crippen molar-refractivity contribution in [2.24, 2.45) is 10.9 Å². The van der Waals surface area contributed by atoms with Crippen molar-refractivity contribution in [3.8, 4) is 0 Å². The van der Waals surface area contributed by atoms with E-state index >= 15 is 0 Å². The van der Waals surface area contributed by atoms with Crippen LogP contribution in [-0.2, 0) is 0 Å². The first-order valence-electron chi connectivity index (χ1n) is 11.6. The fourth-order valence-electron chi connectivity index (χ4n) is 5.05. The zero-order valence-corrected chi connectivity index (χ0v) is 20.0. The average Bonchev–Trinajstić information content (AvgIpc) is 3.48. The number of nitrogens with zero attached hydrogens (tertiary/aromatic N) is 2. The van der Waals surface area contributed by atoms with E-state index in [9.17, 15) is 9.59 Å². The zero-order chi connectivity index (χ0) is 24.0. The van der Waals surface area contributed by atoms with Crippen molar-refractivity contribution in [1.82, 2.24) is 4.90 Å². The first kappa shape index (κ1) is 21.6. The molecule has 1 amide bonds. The first-order chi connectivity index (χ1) is 17.1. The highest BCUT2D eigenvalue weighted by Crippen LogP contribution is 2.53. The highest BCUT2D eigenvalue weighted by atomic mass is 32.2. The van der Waals surface area contributed by atoms with E-state index < -0.39 is 10.7 Å². The lowest BCUT2D eigenvalue weighted by Gasteiger charge is -2.41. The van der Waals surface area contributed by atoms with Crippen molar-refractivity contribution >= 4 is 34.9 Å². The molecular weight excluding hydrogens is 454 g/mol. The lowest BCUT2D eigenvalue weighted by Crippen LogP contribution is -2.48. The second kappa shape index (κ2) is 8.40. The number of aryl methyl sites for hydroxylation is 1. The predicted octanol–water partition coefficient (Wildman–Crippen LogP) is 6.01. The Kier molecular flexibility index (Phi) is 5.19. The van der Waals surface area contributed by atoms with E-state index in [-0.39, 0.29) is 11.7 Å². The topological polar surface area (TPSA) is 61.8 Å². The van der Waals surface area contributed by atoms with Crippen LogP contribution in [0.3, 0.4) is 0 Å². The second-order valence-electron chi connectivity index (χ2n) is 8.88. The Bertz CT molecular complexity index is 1430. The van der Waals surface area contributed by atoms with Crippen LogP contribution in [0.4, 0.5) is 5.69 Å². The molecule has 1 N–H and O–H groups in total. The summed E-state index contributed by atoms with van der Waals surface area (Å²) in [5.74, 6) is -0.546. The number of hydrogen-bond acceptors (Lipinski definition) is 5. The molecule has 0 saturated heterocycles. The molecule has 2 unspecified atom stereocenters. The van der Waals surface area contributed by atoms with Crippen LogP contribution < -0.4 is 5.32 Å². The van der Waals surface area contributed by atoms with Crippen LogP contribution in [0.5, 0.6) is 0 Å². The summed E-state index contributed by atoms with van der Waals surface area (Å²) < 4.78 is -0.601. The van der Waals surface area contributed by atoms with Gasteiger partial charge in [-0.15, -0.1) is 11.8 Å². The van der Waals surface area contributed by atoms with Gasteiger partial charge in [0.2, 0.25) is 0 Å². The first-order valence-corrected chi connectivity index (χ1v) is 12.4. The molecule has 4 aliphatic rings. The molecule has 172 valence electrons. The van der Waals surface area contributed by atoms with Crippen LogP contribution in [0.25, 0.3) is 0 Å². The van der Waals surface area contributed by atoms with Crippen LogP contribution in [0.2, 0.25) is 0 Å². The highest BCUT2D eigenvalue weighted by Gasteiger charge is 2.54. The van der Waals surface area contributed by atoms with Gasteiger partial charge in [0.05, 0.1) is 11.6 Å². The van der Waals surface area contributed by atoms with E-state index in [0.29, 0.717) is 16.8 Å². The molecule has 0 bridgehead atoms. The highest BCUT2D eigenvalue weighted by molar-refractivity contribution is 8.05. The number of rotatable bonds is 4. The monoisotopic (exact) mass is 477 g/mol. The number of carbonyl (C=O) groups is 2. The van der Waals surface area contributed by atoms with Crippen molar-refractivity contribution in [1.29, 1.82) is 0 Å². The minimum absolute atomic E-state index is 0.0270. The standard InChI is InChI=1S/C29H23N3O2S/c1-19-6-2-3-8-23(19)28(34)31-21-13-11-20(12-14-21)27(33)24-9-4-10-26-29(24)25(15-17-35-29)30-18-22-7-5-16-32(22)26/h2-6,8-18,24H,7H2,1H3,(H,31,34). The zero-order valence-electron chi connectivity index (χ0n) is 19.1. The molecule has 35 heavy (non-hydrogen) atoms. The largest absolute Gasteiger partial charge is 0.322 e. The number of ketones is 1. The number of Topliss-reactive ketones (excluding diaryl/α,β-unsaturated/α-hetero) is 1. The lowest BCUT2D eigenvalue weighted by molar-refractivity contribution is 0.0936. The third-order valence-corrected chi connectivity index (χ3v) is 8.16. The molecule has 0 saturated carbocycles. The molecule has 3 heterocycles. The fraction of sp³-hybridized carbons (Fsp3) is 0.138. The van der Waals surface area contributed by atoms with Gasteiger partial charge >= 0.3 is 0 Å². The van der Waals surface area contributed by atoms with Crippen LogP contribution in [-0.4, -0.2) is 27.0 Å². The summed E-state index contributed by atoms with van der Waals surface area (Å²) in [7, 11) is 0. The van der Waals surface area contributed by atoms with Crippen molar-refractivity contribution in [3.63, 3.8) is 0 Å². The van der Waals surface area contributed by atoms with Crippen molar-refractivity contribution in [2.75, 3.05) is 5.32 Å². The second-order valence-corrected chi connectivity index (χ2v) is 10.0. The molecule has 1 aliphatic carbocycles. The summed E-state index contributed by atoms with van der Waals surface area (Å²) in [5, 5.41) is 4.97. The van der Waals surface area contributed by atoms with E-state index in [1.54, 1.807) is 42.1 Å². The summed E-state index contributed by atoms with van der Waals surface area (Å²) in [6.07, 6.45) is 15.0. The van der Waals surface area contributed by atoms with Gasteiger partial charge in [-0.05, 0) is 60.4 Å². The van der Waals surface area contributed by atoms with Crippen LogP contribution in [0.1, 0.15) is 32.7 Å². The molecule has 1 spiro atoms. The Balaban J connectivity index is 1.28. The molecule has 6 heteroatoms. The van der Waals surface area contributed by atoms with Gasteiger partial charge in [-0.2, -0.15) is 0 Å². The number of nitrogens with one attached hydrogen (secondary N) is 1. The number of allylic oxidation sites excluding steroid dienone is 5. The predicted molar refractivity (Wildman–Crippen MR) is 141 cm³/mol. The van der Waals surface area contributed by atoms with E-state index in [1.807, 2.05) is 55.0 Å². The van der Waals surface area contributed by atoms with Gasteiger partial charge in [0.15, 0.2) is 5.78 Å². The summed E-state index contributed by atoms with van der Waals surface area (Å²) >= 11 is 1.64. The molecule has 6 rings (SSSR count). The maximum atomic E-state index is 13.9. The van der Waals surface area contributed by atoms with E-state index in [1.165, 1.54) is 0 Å². The average molecular weight is 478 g/mol. The van der Waals surface area contributed by atoms with Gasteiger partial charge in [-0.1, -0.05) is 36.4 Å². The number of aliphatic imine (C=N–C) groups is 1. The summed E-state index contributed by atoms with van der Waals surface area (Å²) in [6.45, 7) is 1.91. The Morgan fingerprint density at radius 1 is 1.14 bits per heavy atom. The third-order valence-electron chi connectivity index (χ3n) is 6.84. The fourth-order valence-corrected chi connectivity index (χ4v) is 6.32. The quantitative estimate of drug-likeness (QED) is 0.548. The number of amides is 1. The number of anilines is 1. The van der Waals surface area contributed by atoms with Crippen molar-refractivity contribution in [3.05, 3.63) is 125 Å². The Morgan fingerprint density at radius 2 is 1.97 bits per heavy atom. The Hall–Kier alpha value is -3.90. The van der Waals surface area contributed by atoms with Gasteiger partial charge in [0.25, 0.3) is 5.91 Å². The number of carbonyl (C=O) groups excluding carboxylic acids is 2. The van der Waals surface area contributed by atoms with E-state index in [2.05, 4.69) is 28.6 Å². The number of thioether (sulfide) groups is 1. The minimum Gasteiger partial charge on any atom is -0.322 e. The normalized spacial score (nSPS) is 23.5. The Morgan fingerprint density at radius 3 is 2.80 bits per heavy atom. The van der Waals surface area contributed by atoms with Gasteiger partial charge in [-0.3, -0.25) is 14.6 Å². The lowest BCUT2D eigenvalue weighted by atomic mass is 9.76. The number of benzene rings is 2. The maximum Gasteiger partial charge on any atom is 0.255 e. The third kappa shape index (κ3) is 3.44. The van der Waals surface area contributed by atoms with E-state index in [0.717, 1.165) is 29.1 Å². The van der Waals surface area contributed by atoms with Gasteiger partial charge in [-0.25, -0.2) is 0 Å². The van der Waals surface area contributed by atoms with E-state index in [4.69, 9.17) is 4.99 Å². The number of hydrogen-bond donors (Lipinski definition) is 1. The summed E-state index contributed by atoms with van der Waals surface area (Å²) in [6, 6.07) is 14.6. The number of fused-ring (bicyclic) bond motifs is 2. The van der Waals surface area contributed by atoms with Crippen LogP contribution >= 0.6 is 11.8 Å². The van der Waals surface area contributed by atoms with Gasteiger partial charge in [0, 0.05) is 47.0 Å². The summed E-state index contributed by atoms with van der Waals surface area (Å²) in [5.41, 5.74) is 5.87. The SMILES string of the molecule is Cc1ccccc1C(=O)Nc1ccc(C(=O)C2C=CC=C3N4C=CCC4=CN=C4C=CSC342)cc1. The maximum absolute atomic E-state index is 13.9. The van der Waals surface area contributed by atoms with Crippen LogP contribution in [0.15, 0.2) is 113 Å². The van der Waals surface area contributed by atoms with Crippen molar-refractivity contribution < 1.29 is 9.59 Å². The molecule has 3 aliphatic heterocycles. The molecule has 5 nitrogen and oxygen atoms in total. The molecule has 2 atom stereocenters. The minimum atomic E-state index is -0.601. The van der Waals surface area contributed by atoms with Crippen molar-refractivity contribution in [2.45, 2.75) is 18.1 Å². The molecule has 0 aromatic heterocycles. The van der Waals surface area contributed by atoms with Crippen LogP contribution in [0, 0.1) is 12.8 Å². The summed E-state index contributed by atoms with van der Waals surface area (Å²) in [4.78, 5) is 33.5.